The fourth-order valence-electron chi connectivity index (χ4n) is 8.12. The summed E-state index contributed by atoms with van der Waals surface area (Å²) in [6.07, 6.45) is 0. The highest BCUT2D eigenvalue weighted by Crippen LogP contribution is 2.56. The molecule has 0 radical (unpaired) electrons. The Hall–Kier alpha value is -4.66. The minimum Gasteiger partial charge on any atom is -0.310 e. The average molecular weight is 584 g/mol. The van der Waals surface area contributed by atoms with E-state index in [9.17, 15) is 0 Å². The smallest absolute Gasteiger partial charge is 0.0508 e. The third-order valence-corrected chi connectivity index (χ3v) is 11.4. The molecule has 7 aromatic rings. The van der Waals surface area contributed by atoms with Crippen molar-refractivity contribution in [2.24, 2.45) is 0 Å². The van der Waals surface area contributed by atoms with E-state index in [1.54, 1.807) is 0 Å². The van der Waals surface area contributed by atoms with Gasteiger partial charge in [-0.3, -0.25) is 0 Å². The van der Waals surface area contributed by atoms with E-state index in [0.717, 1.165) is 0 Å². The van der Waals surface area contributed by atoms with Crippen LogP contribution in [0.2, 0.25) is 0 Å². The van der Waals surface area contributed by atoms with Gasteiger partial charge in [0.05, 0.1) is 5.69 Å². The molecule has 9 rings (SSSR count). The number of hydrogen-bond donors (Lipinski definition) is 0. The second-order valence-electron chi connectivity index (χ2n) is 13.4. The molecule has 0 fully saturated rings. The SMILES string of the molecule is CC1(C)c2ccccc2-c2ccc(N(c3ccc4sc5ccccc5c4c3)c3cccc4c3C(C)(C)c3ccccc3-4)cc21. The predicted octanol–water partition coefficient (Wildman–Crippen LogP) is 12.1. The van der Waals surface area contributed by atoms with Crippen molar-refractivity contribution >= 4 is 48.6 Å². The Labute approximate surface area is 263 Å². The molecule has 0 saturated carbocycles. The van der Waals surface area contributed by atoms with Crippen LogP contribution in [0.4, 0.5) is 17.1 Å². The van der Waals surface area contributed by atoms with Gasteiger partial charge in [0.15, 0.2) is 0 Å². The van der Waals surface area contributed by atoms with Crippen LogP contribution in [0.15, 0.2) is 127 Å². The first-order valence-corrected chi connectivity index (χ1v) is 16.3. The summed E-state index contributed by atoms with van der Waals surface area (Å²) in [6.45, 7) is 9.51. The fourth-order valence-corrected chi connectivity index (χ4v) is 9.20. The lowest BCUT2D eigenvalue weighted by Gasteiger charge is -2.33. The summed E-state index contributed by atoms with van der Waals surface area (Å²) in [7, 11) is 0. The molecule has 0 saturated heterocycles. The van der Waals surface area contributed by atoms with E-state index in [-0.39, 0.29) is 10.8 Å². The summed E-state index contributed by atoms with van der Waals surface area (Å²) in [6, 6.07) is 47.7. The first-order chi connectivity index (χ1) is 21.3. The van der Waals surface area contributed by atoms with Crippen LogP contribution in [-0.4, -0.2) is 0 Å². The zero-order chi connectivity index (χ0) is 29.8. The average Bonchev–Trinajstić information content (AvgIpc) is 3.61. The highest BCUT2D eigenvalue weighted by Gasteiger charge is 2.40. The quantitative estimate of drug-likeness (QED) is 0.200. The highest BCUT2D eigenvalue weighted by molar-refractivity contribution is 7.25. The van der Waals surface area contributed by atoms with Gasteiger partial charge in [0.1, 0.15) is 0 Å². The third-order valence-electron chi connectivity index (χ3n) is 10.2. The Morgan fingerprint density at radius 2 is 1.05 bits per heavy atom. The van der Waals surface area contributed by atoms with Crippen molar-refractivity contribution in [3.05, 3.63) is 150 Å². The number of fused-ring (bicyclic) bond motifs is 9. The van der Waals surface area contributed by atoms with E-state index >= 15 is 0 Å². The minimum absolute atomic E-state index is 0.0741. The Morgan fingerprint density at radius 1 is 0.455 bits per heavy atom. The molecule has 2 heteroatoms. The number of hydrogen-bond acceptors (Lipinski definition) is 2. The van der Waals surface area contributed by atoms with Crippen molar-refractivity contribution in [2.75, 3.05) is 4.90 Å². The second kappa shape index (κ2) is 8.94. The van der Waals surface area contributed by atoms with Gasteiger partial charge in [0.25, 0.3) is 0 Å². The van der Waals surface area contributed by atoms with Crippen LogP contribution in [0.3, 0.4) is 0 Å². The first kappa shape index (κ1) is 25.8. The number of benzene rings is 6. The van der Waals surface area contributed by atoms with Gasteiger partial charge in [0, 0.05) is 42.4 Å². The molecule has 44 heavy (non-hydrogen) atoms. The maximum Gasteiger partial charge on any atom is 0.0508 e. The van der Waals surface area contributed by atoms with Gasteiger partial charge < -0.3 is 4.90 Å². The monoisotopic (exact) mass is 583 g/mol. The summed E-state index contributed by atoms with van der Waals surface area (Å²) < 4.78 is 2.66. The molecule has 2 aliphatic rings. The first-order valence-electron chi connectivity index (χ1n) is 15.5. The van der Waals surface area contributed by atoms with Crippen molar-refractivity contribution < 1.29 is 0 Å². The molecule has 0 unspecified atom stereocenters. The summed E-state index contributed by atoms with van der Waals surface area (Å²) in [4.78, 5) is 2.53. The molecule has 1 aromatic heterocycles. The fraction of sp³-hybridized carbons (Fsp3) is 0.143. The van der Waals surface area contributed by atoms with Gasteiger partial charge in [-0.15, -0.1) is 11.3 Å². The van der Waals surface area contributed by atoms with Crippen LogP contribution in [-0.2, 0) is 10.8 Å². The summed E-state index contributed by atoms with van der Waals surface area (Å²) in [5.74, 6) is 0. The van der Waals surface area contributed by atoms with Gasteiger partial charge in [-0.05, 0) is 87.0 Å². The van der Waals surface area contributed by atoms with Crippen molar-refractivity contribution in [2.45, 2.75) is 38.5 Å². The van der Waals surface area contributed by atoms with Crippen molar-refractivity contribution in [1.29, 1.82) is 0 Å². The zero-order valence-electron chi connectivity index (χ0n) is 25.5. The Morgan fingerprint density at radius 3 is 1.86 bits per heavy atom. The maximum absolute atomic E-state index is 2.53. The zero-order valence-corrected chi connectivity index (χ0v) is 26.3. The second-order valence-corrected chi connectivity index (χ2v) is 14.5. The molecule has 1 nitrogen and oxygen atoms in total. The number of nitrogens with zero attached hydrogens (tertiary/aromatic N) is 1. The van der Waals surface area contributed by atoms with Crippen LogP contribution in [0.5, 0.6) is 0 Å². The molecule has 6 aromatic carbocycles. The van der Waals surface area contributed by atoms with Gasteiger partial charge in [-0.1, -0.05) is 113 Å². The van der Waals surface area contributed by atoms with Crippen molar-refractivity contribution in [3.63, 3.8) is 0 Å². The van der Waals surface area contributed by atoms with Crippen LogP contribution in [0.25, 0.3) is 42.4 Å². The van der Waals surface area contributed by atoms with E-state index in [0.29, 0.717) is 0 Å². The van der Waals surface area contributed by atoms with E-state index in [1.165, 1.54) is 81.7 Å². The number of thiophene rings is 1. The molecule has 0 amide bonds. The van der Waals surface area contributed by atoms with Crippen LogP contribution < -0.4 is 4.90 Å². The molecule has 0 bridgehead atoms. The van der Waals surface area contributed by atoms with Crippen molar-refractivity contribution in [3.8, 4) is 22.3 Å². The lowest BCUT2D eigenvalue weighted by Crippen LogP contribution is -2.21. The van der Waals surface area contributed by atoms with E-state index in [4.69, 9.17) is 0 Å². The predicted molar refractivity (Wildman–Crippen MR) is 189 cm³/mol. The molecule has 0 N–H and O–H groups in total. The normalized spacial score (nSPS) is 15.2. The molecule has 2 aliphatic carbocycles. The topological polar surface area (TPSA) is 3.24 Å². The summed E-state index contributed by atoms with van der Waals surface area (Å²) >= 11 is 1.88. The largest absolute Gasteiger partial charge is 0.310 e. The molecule has 0 aliphatic heterocycles. The summed E-state index contributed by atoms with van der Waals surface area (Å²) in [5.41, 5.74) is 14.4. The molecule has 0 atom stereocenters. The van der Waals surface area contributed by atoms with E-state index < -0.39 is 0 Å². The van der Waals surface area contributed by atoms with Gasteiger partial charge >= 0.3 is 0 Å². The van der Waals surface area contributed by atoms with Gasteiger partial charge in [0.2, 0.25) is 0 Å². The molecule has 1 heterocycles. The Balaban J connectivity index is 1.32. The lowest BCUT2D eigenvalue weighted by molar-refractivity contribution is 0.658. The van der Waals surface area contributed by atoms with E-state index in [2.05, 4.69) is 160 Å². The Kier molecular flexibility index (Phi) is 5.24. The number of rotatable bonds is 3. The third kappa shape index (κ3) is 3.41. The molecule has 212 valence electrons. The Bertz CT molecular complexity index is 2300. The van der Waals surface area contributed by atoms with Crippen LogP contribution >= 0.6 is 11.3 Å². The molecular formula is C42H33NS. The van der Waals surface area contributed by atoms with E-state index in [1.807, 2.05) is 11.3 Å². The van der Waals surface area contributed by atoms with Crippen LogP contribution in [0.1, 0.15) is 49.9 Å². The summed E-state index contributed by atoms with van der Waals surface area (Å²) in [5, 5.41) is 2.64. The van der Waals surface area contributed by atoms with Gasteiger partial charge in [-0.2, -0.15) is 0 Å². The lowest BCUT2D eigenvalue weighted by atomic mass is 9.81. The standard InChI is InChI=1S/C42H33NS/c1-41(2)34-16-8-5-12-28(34)30-22-20-27(25-36(30)41)43(26-21-23-39-33(24-26)31-14-7-10-19-38(31)44-39)37-18-11-15-32-29-13-6-9-17-35(29)42(3,4)40(32)37/h5-25H,1-4H3. The number of anilines is 3. The molecule has 0 spiro atoms. The van der Waals surface area contributed by atoms with Gasteiger partial charge in [-0.25, -0.2) is 0 Å². The minimum atomic E-state index is -0.133. The highest BCUT2D eigenvalue weighted by atomic mass is 32.1. The van der Waals surface area contributed by atoms with Crippen LogP contribution in [0, 0.1) is 0 Å². The molecular weight excluding hydrogens is 551 g/mol. The van der Waals surface area contributed by atoms with Crippen molar-refractivity contribution in [1.82, 2.24) is 0 Å². The maximum atomic E-state index is 2.53.